The molecule has 1 aromatic heterocycles. The molecule has 0 aliphatic carbocycles. The van der Waals surface area contributed by atoms with Crippen LogP contribution < -0.4 is 0 Å². The molecule has 0 aliphatic heterocycles. The summed E-state index contributed by atoms with van der Waals surface area (Å²) in [4.78, 5) is 4.82. The fourth-order valence-corrected chi connectivity index (χ4v) is 3.82. The summed E-state index contributed by atoms with van der Waals surface area (Å²) >= 11 is 1.75. The van der Waals surface area contributed by atoms with Crippen molar-refractivity contribution >= 4 is 32.3 Å². The Morgan fingerprint density at radius 3 is 2.45 bits per heavy atom. The number of allylic oxidation sites excluding steroid dienone is 1. The monoisotopic (exact) mass is 301 g/mol. The standard InChI is InChI=1S/C20H15NS/c1-2-7-16-12-14-8-3-4-9-15(14)13-17(16)20-21-18-10-5-6-11-19(18)22-20/h2-6,8-13H,1,7H2. The third kappa shape index (κ3) is 2.22. The Morgan fingerprint density at radius 2 is 1.68 bits per heavy atom. The van der Waals surface area contributed by atoms with Crippen LogP contribution in [0.2, 0.25) is 0 Å². The Morgan fingerprint density at radius 1 is 0.955 bits per heavy atom. The largest absolute Gasteiger partial charge is 0.236 e. The van der Waals surface area contributed by atoms with Gasteiger partial charge in [0.2, 0.25) is 0 Å². The minimum Gasteiger partial charge on any atom is -0.236 e. The molecular formula is C20H15NS. The maximum absolute atomic E-state index is 4.82. The third-order valence-corrected chi connectivity index (χ3v) is 4.93. The van der Waals surface area contributed by atoms with Gasteiger partial charge < -0.3 is 0 Å². The maximum atomic E-state index is 4.82. The number of benzene rings is 3. The first kappa shape index (κ1) is 13.2. The van der Waals surface area contributed by atoms with E-state index in [2.05, 4.69) is 61.2 Å². The molecule has 4 aromatic rings. The number of hydrogen-bond acceptors (Lipinski definition) is 2. The SMILES string of the molecule is C=CCc1cc2ccccc2cc1-c1nc2ccccc2s1. The van der Waals surface area contributed by atoms with Gasteiger partial charge in [0, 0.05) is 5.56 Å². The van der Waals surface area contributed by atoms with Gasteiger partial charge in [-0.05, 0) is 41.0 Å². The van der Waals surface area contributed by atoms with E-state index in [1.807, 2.05) is 12.1 Å². The van der Waals surface area contributed by atoms with Gasteiger partial charge >= 0.3 is 0 Å². The lowest BCUT2D eigenvalue weighted by Gasteiger charge is -2.08. The molecule has 106 valence electrons. The van der Waals surface area contributed by atoms with E-state index in [9.17, 15) is 0 Å². The average Bonchev–Trinajstić information content (AvgIpc) is 2.98. The highest BCUT2D eigenvalue weighted by molar-refractivity contribution is 7.21. The molecule has 1 nitrogen and oxygen atoms in total. The molecule has 0 fully saturated rings. The summed E-state index contributed by atoms with van der Waals surface area (Å²) in [5.41, 5.74) is 3.58. The fourth-order valence-electron chi connectivity index (χ4n) is 2.80. The van der Waals surface area contributed by atoms with Crippen LogP contribution in [0, 0.1) is 0 Å². The second-order valence-electron chi connectivity index (χ2n) is 5.34. The lowest BCUT2D eigenvalue weighted by atomic mass is 9.99. The van der Waals surface area contributed by atoms with E-state index < -0.39 is 0 Å². The van der Waals surface area contributed by atoms with E-state index >= 15 is 0 Å². The van der Waals surface area contributed by atoms with Crippen molar-refractivity contribution in [2.45, 2.75) is 6.42 Å². The minimum absolute atomic E-state index is 0.857. The van der Waals surface area contributed by atoms with Crippen molar-refractivity contribution in [3.8, 4) is 10.6 Å². The van der Waals surface area contributed by atoms with E-state index in [1.54, 1.807) is 11.3 Å². The number of aromatic nitrogens is 1. The van der Waals surface area contributed by atoms with E-state index in [1.165, 1.54) is 26.6 Å². The minimum atomic E-state index is 0.857. The zero-order valence-electron chi connectivity index (χ0n) is 12.1. The van der Waals surface area contributed by atoms with Crippen molar-refractivity contribution in [1.82, 2.24) is 4.98 Å². The predicted molar refractivity (Wildman–Crippen MR) is 96.5 cm³/mol. The van der Waals surface area contributed by atoms with Crippen LogP contribution in [0.4, 0.5) is 0 Å². The number of rotatable bonds is 3. The van der Waals surface area contributed by atoms with Gasteiger partial charge in [0.25, 0.3) is 0 Å². The molecule has 2 heteroatoms. The quantitative estimate of drug-likeness (QED) is 0.433. The van der Waals surface area contributed by atoms with Crippen LogP contribution in [0.15, 0.2) is 73.3 Å². The first-order valence-electron chi connectivity index (χ1n) is 7.33. The Labute approximate surface area is 133 Å². The van der Waals surface area contributed by atoms with Crippen molar-refractivity contribution < 1.29 is 0 Å². The zero-order chi connectivity index (χ0) is 14.9. The van der Waals surface area contributed by atoms with Gasteiger partial charge in [0.15, 0.2) is 0 Å². The zero-order valence-corrected chi connectivity index (χ0v) is 12.9. The topological polar surface area (TPSA) is 12.9 Å². The maximum Gasteiger partial charge on any atom is 0.124 e. The molecule has 0 aliphatic rings. The molecule has 0 radical (unpaired) electrons. The number of thiazole rings is 1. The number of hydrogen-bond donors (Lipinski definition) is 0. The molecule has 0 saturated carbocycles. The van der Waals surface area contributed by atoms with Crippen molar-refractivity contribution in [2.24, 2.45) is 0 Å². The Bertz CT molecular complexity index is 948. The average molecular weight is 301 g/mol. The highest BCUT2D eigenvalue weighted by Crippen LogP contribution is 2.34. The van der Waals surface area contributed by atoms with Gasteiger partial charge in [0.1, 0.15) is 5.01 Å². The van der Waals surface area contributed by atoms with E-state index in [0.29, 0.717) is 0 Å². The second-order valence-corrected chi connectivity index (χ2v) is 6.37. The number of nitrogens with zero attached hydrogens (tertiary/aromatic N) is 1. The van der Waals surface area contributed by atoms with Crippen LogP contribution in [0.1, 0.15) is 5.56 Å². The molecule has 22 heavy (non-hydrogen) atoms. The van der Waals surface area contributed by atoms with Crippen molar-refractivity contribution in [2.75, 3.05) is 0 Å². The summed E-state index contributed by atoms with van der Waals surface area (Å²) in [6.45, 7) is 3.90. The van der Waals surface area contributed by atoms with Crippen LogP contribution in [-0.2, 0) is 6.42 Å². The van der Waals surface area contributed by atoms with Gasteiger partial charge in [-0.1, -0.05) is 48.5 Å². The van der Waals surface area contributed by atoms with E-state index in [4.69, 9.17) is 4.98 Å². The molecule has 4 rings (SSSR count). The third-order valence-electron chi connectivity index (χ3n) is 3.86. The summed E-state index contributed by atoms with van der Waals surface area (Å²) in [5, 5.41) is 3.61. The Hall–Kier alpha value is -2.45. The highest BCUT2D eigenvalue weighted by atomic mass is 32.1. The summed E-state index contributed by atoms with van der Waals surface area (Å²) in [6.07, 6.45) is 2.82. The Balaban J connectivity index is 1.98. The van der Waals surface area contributed by atoms with Gasteiger partial charge in [0.05, 0.1) is 10.2 Å². The fraction of sp³-hybridized carbons (Fsp3) is 0.0500. The van der Waals surface area contributed by atoms with Crippen LogP contribution in [-0.4, -0.2) is 4.98 Å². The summed E-state index contributed by atoms with van der Waals surface area (Å²) in [6, 6.07) is 21.3. The first-order chi connectivity index (χ1) is 10.8. The summed E-state index contributed by atoms with van der Waals surface area (Å²) in [5.74, 6) is 0. The molecule has 0 unspecified atom stereocenters. The summed E-state index contributed by atoms with van der Waals surface area (Å²) < 4.78 is 1.23. The molecule has 0 atom stereocenters. The normalized spacial score (nSPS) is 11.1. The van der Waals surface area contributed by atoms with Crippen molar-refractivity contribution in [3.63, 3.8) is 0 Å². The molecule has 0 amide bonds. The van der Waals surface area contributed by atoms with E-state index in [0.717, 1.165) is 16.9 Å². The molecular weight excluding hydrogens is 286 g/mol. The van der Waals surface area contributed by atoms with Gasteiger partial charge in [-0.25, -0.2) is 4.98 Å². The van der Waals surface area contributed by atoms with Gasteiger partial charge in [-0.2, -0.15) is 0 Å². The molecule has 0 bridgehead atoms. The smallest absolute Gasteiger partial charge is 0.124 e. The van der Waals surface area contributed by atoms with Crippen molar-refractivity contribution in [3.05, 3.63) is 78.9 Å². The molecule has 0 N–H and O–H groups in total. The molecule has 3 aromatic carbocycles. The van der Waals surface area contributed by atoms with Gasteiger partial charge in [-0.3, -0.25) is 0 Å². The van der Waals surface area contributed by atoms with Crippen molar-refractivity contribution in [1.29, 1.82) is 0 Å². The molecule has 0 saturated heterocycles. The predicted octanol–water partition coefficient (Wildman–Crippen LogP) is 5.85. The molecule has 1 heterocycles. The number of fused-ring (bicyclic) bond motifs is 2. The van der Waals surface area contributed by atoms with E-state index in [-0.39, 0.29) is 0 Å². The lowest BCUT2D eigenvalue weighted by molar-refractivity contribution is 1.28. The first-order valence-corrected chi connectivity index (χ1v) is 8.15. The second kappa shape index (κ2) is 5.39. The highest BCUT2D eigenvalue weighted by Gasteiger charge is 2.11. The number of para-hydroxylation sites is 1. The lowest BCUT2D eigenvalue weighted by Crippen LogP contribution is -1.89. The Kier molecular flexibility index (Phi) is 3.24. The van der Waals surface area contributed by atoms with Crippen LogP contribution >= 0.6 is 11.3 Å². The van der Waals surface area contributed by atoms with Crippen LogP contribution in [0.3, 0.4) is 0 Å². The summed E-state index contributed by atoms with van der Waals surface area (Å²) in [7, 11) is 0. The van der Waals surface area contributed by atoms with Gasteiger partial charge in [-0.15, -0.1) is 17.9 Å². The van der Waals surface area contributed by atoms with Crippen LogP contribution in [0.25, 0.3) is 31.6 Å². The molecule has 0 spiro atoms. The van der Waals surface area contributed by atoms with Crippen LogP contribution in [0.5, 0.6) is 0 Å².